The number of aryl methyl sites for hydroxylation is 2. The van der Waals surface area contributed by atoms with Crippen LogP contribution in [0.25, 0.3) is 10.2 Å². The van der Waals surface area contributed by atoms with Gasteiger partial charge in [0.2, 0.25) is 0 Å². The zero-order valence-electron chi connectivity index (χ0n) is 12.2. The number of thioether (sulfide) groups is 1. The molecule has 1 aliphatic carbocycles. The molecule has 0 aromatic carbocycles. The molecule has 0 N–H and O–H groups in total. The van der Waals surface area contributed by atoms with E-state index >= 15 is 0 Å². The molecule has 112 valence electrons. The van der Waals surface area contributed by atoms with Gasteiger partial charge in [0.25, 0.3) is 0 Å². The molecule has 0 spiro atoms. The van der Waals surface area contributed by atoms with E-state index in [0.29, 0.717) is 0 Å². The molecule has 0 saturated heterocycles. The number of thiophene rings is 1. The molecule has 0 radical (unpaired) electrons. The van der Waals surface area contributed by atoms with E-state index in [2.05, 4.69) is 9.97 Å². The summed E-state index contributed by atoms with van der Waals surface area (Å²) < 4.78 is 4.88. The van der Waals surface area contributed by atoms with E-state index in [1.807, 2.05) is 6.92 Å². The zero-order chi connectivity index (χ0) is 14.8. The van der Waals surface area contributed by atoms with Gasteiger partial charge in [-0.25, -0.2) is 9.97 Å². The van der Waals surface area contributed by atoms with Crippen molar-refractivity contribution in [1.29, 1.82) is 0 Å². The number of nitrogens with zero attached hydrogens (tertiary/aromatic N) is 2. The molecule has 1 atom stereocenters. The lowest BCUT2D eigenvalue weighted by Crippen LogP contribution is -2.17. The maximum Gasteiger partial charge on any atom is 0.319 e. The van der Waals surface area contributed by atoms with Crippen LogP contribution in [-0.4, -0.2) is 28.3 Å². The van der Waals surface area contributed by atoms with Gasteiger partial charge in [-0.1, -0.05) is 18.7 Å². The first kappa shape index (κ1) is 14.8. The Labute approximate surface area is 132 Å². The number of aromatic nitrogens is 2. The van der Waals surface area contributed by atoms with Crippen LogP contribution in [0.2, 0.25) is 0 Å². The molecule has 3 rings (SSSR count). The summed E-state index contributed by atoms with van der Waals surface area (Å²) in [6.45, 7) is 2.00. The minimum absolute atomic E-state index is 0.182. The van der Waals surface area contributed by atoms with Crippen molar-refractivity contribution in [3.63, 3.8) is 0 Å². The van der Waals surface area contributed by atoms with Crippen LogP contribution in [0.3, 0.4) is 0 Å². The van der Waals surface area contributed by atoms with Crippen molar-refractivity contribution in [2.24, 2.45) is 0 Å². The number of rotatable bonds is 4. The van der Waals surface area contributed by atoms with Crippen LogP contribution in [-0.2, 0) is 22.4 Å². The molecule has 2 heterocycles. The number of methoxy groups -OCH3 is 1. The van der Waals surface area contributed by atoms with Gasteiger partial charge in [-0.05, 0) is 37.7 Å². The SMILES string of the molecule is CCC(Sc1ncnc2sc3c(c12)CCCC3)C(=O)OC. The Morgan fingerprint density at radius 2 is 2.24 bits per heavy atom. The lowest BCUT2D eigenvalue weighted by molar-refractivity contribution is -0.140. The topological polar surface area (TPSA) is 52.1 Å². The number of carbonyl (C=O) groups excluding carboxylic acids is 1. The third kappa shape index (κ3) is 2.79. The molecule has 0 amide bonds. The van der Waals surface area contributed by atoms with Crippen LogP contribution in [0.5, 0.6) is 0 Å². The zero-order valence-corrected chi connectivity index (χ0v) is 13.9. The van der Waals surface area contributed by atoms with E-state index in [0.717, 1.165) is 29.1 Å². The highest BCUT2D eigenvalue weighted by Crippen LogP contribution is 2.40. The maximum absolute atomic E-state index is 11.8. The first-order valence-electron chi connectivity index (χ1n) is 7.24. The Kier molecular flexibility index (Phi) is 4.45. The lowest BCUT2D eigenvalue weighted by Gasteiger charge is -2.14. The van der Waals surface area contributed by atoms with Crippen molar-refractivity contribution in [3.8, 4) is 0 Å². The largest absolute Gasteiger partial charge is 0.468 e. The van der Waals surface area contributed by atoms with Crippen LogP contribution in [0.15, 0.2) is 11.4 Å². The van der Waals surface area contributed by atoms with Gasteiger partial charge in [0.1, 0.15) is 21.4 Å². The highest BCUT2D eigenvalue weighted by atomic mass is 32.2. The second-order valence-corrected chi connectivity index (χ2v) is 7.38. The summed E-state index contributed by atoms with van der Waals surface area (Å²) >= 11 is 3.29. The fourth-order valence-electron chi connectivity index (χ4n) is 2.71. The van der Waals surface area contributed by atoms with Gasteiger partial charge >= 0.3 is 5.97 Å². The van der Waals surface area contributed by atoms with Crippen molar-refractivity contribution < 1.29 is 9.53 Å². The Balaban J connectivity index is 2.02. The van der Waals surface area contributed by atoms with E-state index < -0.39 is 0 Å². The number of fused-ring (bicyclic) bond motifs is 3. The molecule has 4 nitrogen and oxygen atoms in total. The van der Waals surface area contributed by atoms with Crippen molar-refractivity contribution in [2.75, 3.05) is 7.11 Å². The Morgan fingerprint density at radius 3 is 3.00 bits per heavy atom. The van der Waals surface area contributed by atoms with Gasteiger partial charge < -0.3 is 4.74 Å². The van der Waals surface area contributed by atoms with E-state index in [1.54, 1.807) is 17.7 Å². The fourth-order valence-corrected chi connectivity index (χ4v) is 5.08. The molecule has 21 heavy (non-hydrogen) atoms. The number of hydrogen-bond donors (Lipinski definition) is 0. The molecule has 1 unspecified atom stereocenters. The normalized spacial score (nSPS) is 15.7. The smallest absolute Gasteiger partial charge is 0.319 e. The molecule has 0 bridgehead atoms. The highest BCUT2D eigenvalue weighted by molar-refractivity contribution is 8.00. The Hall–Kier alpha value is -1.14. The van der Waals surface area contributed by atoms with Gasteiger partial charge in [-0.15, -0.1) is 11.3 Å². The summed E-state index contributed by atoms with van der Waals surface area (Å²) in [6, 6.07) is 0. The van der Waals surface area contributed by atoms with Crippen LogP contribution in [0.1, 0.15) is 36.6 Å². The molecule has 1 aliphatic rings. The number of hydrogen-bond acceptors (Lipinski definition) is 6. The maximum atomic E-state index is 11.8. The van der Waals surface area contributed by atoms with Crippen molar-refractivity contribution in [3.05, 3.63) is 16.8 Å². The third-order valence-electron chi connectivity index (χ3n) is 3.81. The van der Waals surface area contributed by atoms with Crippen LogP contribution in [0.4, 0.5) is 0 Å². The van der Waals surface area contributed by atoms with Crippen molar-refractivity contribution >= 4 is 39.3 Å². The number of ether oxygens (including phenoxy) is 1. The van der Waals surface area contributed by atoms with E-state index in [1.165, 1.54) is 47.5 Å². The summed E-state index contributed by atoms with van der Waals surface area (Å²) in [4.78, 5) is 23.2. The molecule has 0 aliphatic heterocycles. The quantitative estimate of drug-likeness (QED) is 0.489. The molecule has 6 heteroatoms. The highest BCUT2D eigenvalue weighted by Gasteiger charge is 2.24. The summed E-state index contributed by atoms with van der Waals surface area (Å²) in [5.41, 5.74) is 1.41. The lowest BCUT2D eigenvalue weighted by atomic mass is 9.97. The standard InChI is InChI=1S/C15H18N2O2S2/c1-3-10(15(18)19-2)20-13-12-9-6-4-5-7-11(9)21-14(12)17-8-16-13/h8,10H,3-7H2,1-2H3. The van der Waals surface area contributed by atoms with Crippen molar-refractivity contribution in [1.82, 2.24) is 9.97 Å². The first-order chi connectivity index (χ1) is 10.2. The molecule has 0 fully saturated rings. The summed E-state index contributed by atoms with van der Waals surface area (Å²) in [6.07, 6.45) is 7.08. The van der Waals surface area contributed by atoms with Crippen molar-refractivity contribution in [2.45, 2.75) is 49.3 Å². The molecular formula is C15H18N2O2S2. The first-order valence-corrected chi connectivity index (χ1v) is 8.94. The number of esters is 1. The van der Waals surface area contributed by atoms with Gasteiger partial charge in [0.15, 0.2) is 0 Å². The van der Waals surface area contributed by atoms with Crippen LogP contribution >= 0.6 is 23.1 Å². The summed E-state index contributed by atoms with van der Waals surface area (Å²) in [5, 5.41) is 1.90. The molecular weight excluding hydrogens is 304 g/mol. The monoisotopic (exact) mass is 322 g/mol. The molecule has 2 aromatic rings. The predicted octanol–water partition coefficient (Wildman–Crippen LogP) is 3.61. The van der Waals surface area contributed by atoms with Crippen LogP contribution in [0, 0.1) is 0 Å². The van der Waals surface area contributed by atoms with E-state index in [4.69, 9.17) is 4.74 Å². The Morgan fingerprint density at radius 1 is 1.43 bits per heavy atom. The van der Waals surface area contributed by atoms with Gasteiger partial charge in [0.05, 0.1) is 7.11 Å². The third-order valence-corrected chi connectivity index (χ3v) is 6.35. The summed E-state index contributed by atoms with van der Waals surface area (Å²) in [7, 11) is 1.44. The summed E-state index contributed by atoms with van der Waals surface area (Å²) in [5.74, 6) is -0.182. The average Bonchev–Trinajstić information content (AvgIpc) is 2.91. The molecule has 2 aromatic heterocycles. The predicted molar refractivity (Wildman–Crippen MR) is 86.0 cm³/mol. The molecule has 0 saturated carbocycles. The van der Waals surface area contributed by atoms with Gasteiger partial charge in [-0.2, -0.15) is 0 Å². The Bertz CT molecular complexity index is 669. The minimum Gasteiger partial charge on any atom is -0.468 e. The second-order valence-electron chi connectivity index (χ2n) is 5.11. The minimum atomic E-state index is -0.202. The second kappa shape index (κ2) is 6.32. The number of carbonyl (C=O) groups is 1. The van der Waals surface area contributed by atoms with Gasteiger partial charge in [-0.3, -0.25) is 4.79 Å². The average molecular weight is 322 g/mol. The fraction of sp³-hybridized carbons (Fsp3) is 0.533. The van der Waals surface area contributed by atoms with E-state index in [-0.39, 0.29) is 11.2 Å². The van der Waals surface area contributed by atoms with E-state index in [9.17, 15) is 4.79 Å². The van der Waals surface area contributed by atoms with Gasteiger partial charge in [0, 0.05) is 10.3 Å². The van der Waals surface area contributed by atoms with Crippen LogP contribution < -0.4 is 0 Å².